The maximum atomic E-state index is 13.2. The third-order valence-electron chi connectivity index (χ3n) is 3.73. The SMILES string of the molecule is Fc1ccc(-c2nc3ccccn3c2N=Nc2ccccc2Cl)cc1. The number of halogens is 2. The van der Waals surface area contributed by atoms with Crippen molar-refractivity contribution in [3.05, 3.63) is 83.8 Å². The normalized spacial score (nSPS) is 11.4. The van der Waals surface area contributed by atoms with Crippen molar-refractivity contribution in [1.82, 2.24) is 9.38 Å². The van der Waals surface area contributed by atoms with Gasteiger partial charge >= 0.3 is 0 Å². The second-order valence-corrected chi connectivity index (χ2v) is 5.78. The van der Waals surface area contributed by atoms with E-state index in [-0.39, 0.29) is 5.82 Å². The number of imidazole rings is 1. The van der Waals surface area contributed by atoms with Crippen LogP contribution in [0.2, 0.25) is 5.02 Å². The molecule has 0 saturated carbocycles. The predicted molar refractivity (Wildman–Crippen MR) is 96.2 cm³/mol. The van der Waals surface area contributed by atoms with E-state index in [4.69, 9.17) is 11.6 Å². The van der Waals surface area contributed by atoms with Crippen LogP contribution < -0.4 is 0 Å². The van der Waals surface area contributed by atoms with Crippen LogP contribution in [-0.2, 0) is 0 Å². The molecule has 0 bridgehead atoms. The zero-order chi connectivity index (χ0) is 17.2. The summed E-state index contributed by atoms with van der Waals surface area (Å²) in [5, 5.41) is 9.15. The minimum Gasteiger partial charge on any atom is -0.283 e. The average molecular weight is 351 g/mol. The number of fused-ring (bicyclic) bond motifs is 1. The van der Waals surface area contributed by atoms with Crippen LogP contribution in [0.25, 0.3) is 16.9 Å². The molecular formula is C19H12ClFN4. The standard InChI is InChI=1S/C19H12ClFN4/c20-15-5-1-2-6-16(15)23-24-19-18(13-8-10-14(21)11-9-13)22-17-7-3-4-12-25(17)19/h1-12H. The average Bonchev–Trinajstić information content (AvgIpc) is 3.00. The summed E-state index contributed by atoms with van der Waals surface area (Å²) >= 11 is 6.14. The minimum absolute atomic E-state index is 0.299. The maximum Gasteiger partial charge on any atom is 0.187 e. The van der Waals surface area contributed by atoms with Gasteiger partial charge in [-0.05, 0) is 48.5 Å². The number of aromatic nitrogens is 2. The highest BCUT2D eigenvalue weighted by Crippen LogP contribution is 2.33. The highest BCUT2D eigenvalue weighted by Gasteiger charge is 2.14. The quantitative estimate of drug-likeness (QED) is 0.405. The van der Waals surface area contributed by atoms with Crippen molar-refractivity contribution in [2.45, 2.75) is 0 Å². The minimum atomic E-state index is -0.299. The van der Waals surface area contributed by atoms with Gasteiger partial charge in [-0.25, -0.2) is 9.37 Å². The first kappa shape index (κ1) is 15.5. The largest absolute Gasteiger partial charge is 0.283 e. The molecular weight excluding hydrogens is 339 g/mol. The maximum absolute atomic E-state index is 13.2. The zero-order valence-electron chi connectivity index (χ0n) is 13.0. The van der Waals surface area contributed by atoms with Crippen LogP contribution in [0.5, 0.6) is 0 Å². The second kappa shape index (κ2) is 6.45. The van der Waals surface area contributed by atoms with Crippen LogP contribution in [0, 0.1) is 5.82 Å². The molecule has 0 aliphatic rings. The molecule has 0 aliphatic carbocycles. The number of rotatable bonds is 3. The second-order valence-electron chi connectivity index (χ2n) is 5.37. The Bertz CT molecular complexity index is 1070. The number of nitrogens with zero attached hydrogens (tertiary/aromatic N) is 4. The molecule has 0 atom stereocenters. The first-order chi connectivity index (χ1) is 12.2. The molecule has 0 saturated heterocycles. The van der Waals surface area contributed by atoms with Crippen molar-refractivity contribution in [2.24, 2.45) is 10.2 Å². The highest BCUT2D eigenvalue weighted by molar-refractivity contribution is 6.32. The lowest BCUT2D eigenvalue weighted by molar-refractivity contribution is 0.628. The van der Waals surface area contributed by atoms with E-state index in [9.17, 15) is 4.39 Å². The summed E-state index contributed by atoms with van der Waals surface area (Å²) in [5.41, 5.74) is 2.69. The van der Waals surface area contributed by atoms with Crippen LogP contribution in [-0.4, -0.2) is 9.38 Å². The first-order valence-electron chi connectivity index (χ1n) is 7.62. The van der Waals surface area contributed by atoms with E-state index in [0.29, 0.717) is 22.2 Å². The van der Waals surface area contributed by atoms with Gasteiger partial charge in [0.15, 0.2) is 5.82 Å². The van der Waals surface area contributed by atoms with Crippen LogP contribution >= 0.6 is 11.6 Å². The summed E-state index contributed by atoms with van der Waals surface area (Å²) in [6.45, 7) is 0. The molecule has 4 nitrogen and oxygen atoms in total. The van der Waals surface area contributed by atoms with Crippen molar-refractivity contribution >= 4 is 28.8 Å². The van der Waals surface area contributed by atoms with Gasteiger partial charge in [-0.1, -0.05) is 29.8 Å². The van der Waals surface area contributed by atoms with Gasteiger partial charge in [0.05, 0.1) is 5.02 Å². The summed E-state index contributed by atoms with van der Waals surface area (Å²) in [4.78, 5) is 4.60. The topological polar surface area (TPSA) is 42.0 Å². The lowest BCUT2D eigenvalue weighted by atomic mass is 10.1. The Labute approximate surface area is 148 Å². The number of azo groups is 1. The van der Waals surface area contributed by atoms with E-state index in [0.717, 1.165) is 11.2 Å². The fourth-order valence-electron chi connectivity index (χ4n) is 2.51. The summed E-state index contributed by atoms with van der Waals surface area (Å²) in [6, 6.07) is 19.0. The highest BCUT2D eigenvalue weighted by atomic mass is 35.5. The Morgan fingerprint density at radius 2 is 1.64 bits per heavy atom. The van der Waals surface area contributed by atoms with Crippen LogP contribution in [0.15, 0.2) is 83.2 Å². The summed E-state index contributed by atoms with van der Waals surface area (Å²) in [7, 11) is 0. The molecule has 2 heterocycles. The third-order valence-corrected chi connectivity index (χ3v) is 4.05. The molecule has 0 unspecified atom stereocenters. The van der Waals surface area contributed by atoms with Gasteiger partial charge in [-0.15, -0.1) is 10.2 Å². The van der Waals surface area contributed by atoms with Gasteiger partial charge in [0.1, 0.15) is 22.8 Å². The Hall–Kier alpha value is -3.05. The van der Waals surface area contributed by atoms with Crippen molar-refractivity contribution in [3.63, 3.8) is 0 Å². The van der Waals surface area contributed by atoms with E-state index >= 15 is 0 Å². The monoisotopic (exact) mass is 350 g/mol. The fraction of sp³-hybridized carbons (Fsp3) is 0. The van der Waals surface area contributed by atoms with E-state index in [2.05, 4.69) is 15.2 Å². The van der Waals surface area contributed by atoms with Gasteiger partial charge < -0.3 is 0 Å². The molecule has 0 spiro atoms. The molecule has 0 N–H and O–H groups in total. The smallest absolute Gasteiger partial charge is 0.187 e. The molecule has 4 aromatic rings. The van der Waals surface area contributed by atoms with E-state index < -0.39 is 0 Å². The molecule has 4 rings (SSSR count). The fourth-order valence-corrected chi connectivity index (χ4v) is 2.69. The summed E-state index contributed by atoms with van der Waals surface area (Å²) in [6.07, 6.45) is 1.86. The number of benzene rings is 2. The molecule has 0 amide bonds. The molecule has 6 heteroatoms. The Balaban J connectivity index is 1.88. The molecule has 2 aromatic carbocycles. The van der Waals surface area contributed by atoms with E-state index in [1.807, 2.05) is 40.9 Å². The molecule has 25 heavy (non-hydrogen) atoms. The molecule has 0 radical (unpaired) electrons. The van der Waals surface area contributed by atoms with Crippen LogP contribution in [0.1, 0.15) is 0 Å². The first-order valence-corrected chi connectivity index (χ1v) is 7.99. The molecule has 122 valence electrons. The van der Waals surface area contributed by atoms with Gasteiger partial charge in [0, 0.05) is 11.8 Å². The lowest BCUT2D eigenvalue weighted by Gasteiger charge is -2.00. The van der Waals surface area contributed by atoms with Gasteiger partial charge in [0.25, 0.3) is 0 Å². The molecule has 2 aromatic heterocycles. The summed E-state index contributed by atoms with van der Waals surface area (Å²) < 4.78 is 15.1. The Kier molecular flexibility index (Phi) is 3.99. The van der Waals surface area contributed by atoms with E-state index in [1.54, 1.807) is 24.3 Å². The van der Waals surface area contributed by atoms with Crippen molar-refractivity contribution in [1.29, 1.82) is 0 Å². The molecule has 0 fully saturated rings. The number of hydrogen-bond donors (Lipinski definition) is 0. The third kappa shape index (κ3) is 3.02. The Morgan fingerprint density at radius 3 is 2.44 bits per heavy atom. The Morgan fingerprint density at radius 1 is 0.880 bits per heavy atom. The number of pyridine rings is 1. The van der Waals surface area contributed by atoms with E-state index in [1.165, 1.54) is 12.1 Å². The summed E-state index contributed by atoms with van der Waals surface area (Å²) in [5.74, 6) is 0.258. The van der Waals surface area contributed by atoms with Crippen molar-refractivity contribution < 1.29 is 4.39 Å². The van der Waals surface area contributed by atoms with Crippen LogP contribution in [0.3, 0.4) is 0 Å². The lowest BCUT2D eigenvalue weighted by Crippen LogP contribution is -1.82. The van der Waals surface area contributed by atoms with Gasteiger partial charge in [0.2, 0.25) is 0 Å². The van der Waals surface area contributed by atoms with Crippen molar-refractivity contribution in [3.8, 4) is 11.3 Å². The predicted octanol–water partition coefficient (Wildman–Crippen LogP) is 6.21. The van der Waals surface area contributed by atoms with Crippen molar-refractivity contribution in [2.75, 3.05) is 0 Å². The van der Waals surface area contributed by atoms with Gasteiger partial charge in [-0.2, -0.15) is 0 Å². The number of hydrogen-bond acceptors (Lipinski definition) is 3. The van der Waals surface area contributed by atoms with Crippen LogP contribution in [0.4, 0.5) is 15.9 Å². The zero-order valence-corrected chi connectivity index (χ0v) is 13.7. The van der Waals surface area contributed by atoms with Gasteiger partial charge in [-0.3, -0.25) is 4.40 Å². The molecule has 0 aliphatic heterocycles.